The van der Waals surface area contributed by atoms with Gasteiger partial charge in [-0.05, 0) is 42.8 Å². The van der Waals surface area contributed by atoms with E-state index in [9.17, 15) is 4.79 Å². The summed E-state index contributed by atoms with van der Waals surface area (Å²) in [7, 11) is 0. The largest absolute Gasteiger partial charge is 0.492 e. The second-order valence-corrected chi connectivity index (χ2v) is 4.76. The molecule has 2 rings (SSSR count). The first-order valence-corrected chi connectivity index (χ1v) is 6.69. The zero-order chi connectivity index (χ0) is 15.2. The summed E-state index contributed by atoms with van der Waals surface area (Å²) in [5.74, 6) is 0.352. The van der Waals surface area contributed by atoms with Crippen molar-refractivity contribution in [3.8, 4) is 5.75 Å². The Hall–Kier alpha value is -2.69. The molecule has 0 spiro atoms. The van der Waals surface area contributed by atoms with Gasteiger partial charge in [0.15, 0.2) is 0 Å². The lowest BCUT2D eigenvalue weighted by Gasteiger charge is -2.11. The Bertz CT molecular complexity index is 641. The van der Waals surface area contributed by atoms with Crippen molar-refractivity contribution in [1.82, 2.24) is 0 Å². The van der Waals surface area contributed by atoms with E-state index in [2.05, 4.69) is 5.32 Å². The van der Waals surface area contributed by atoms with Crippen molar-refractivity contribution in [2.75, 3.05) is 24.2 Å². The third-order valence-electron chi connectivity index (χ3n) is 3.01. The van der Waals surface area contributed by atoms with Crippen molar-refractivity contribution in [1.29, 1.82) is 0 Å². The average Bonchev–Trinajstić information content (AvgIpc) is 2.45. The van der Waals surface area contributed by atoms with E-state index >= 15 is 0 Å². The number of carbonyl (C=O) groups excluding carboxylic acids is 1. The van der Waals surface area contributed by atoms with Crippen LogP contribution < -0.4 is 21.5 Å². The molecule has 0 saturated heterocycles. The van der Waals surface area contributed by atoms with Crippen LogP contribution in [0.5, 0.6) is 5.75 Å². The average molecular weight is 285 g/mol. The van der Waals surface area contributed by atoms with Gasteiger partial charge in [0, 0.05) is 12.1 Å². The predicted octanol–water partition coefficient (Wildman–Crippen LogP) is 2.17. The Morgan fingerprint density at radius 2 is 2.05 bits per heavy atom. The summed E-state index contributed by atoms with van der Waals surface area (Å²) in [6, 6.07) is 12.8. The number of nitrogen functional groups attached to an aromatic ring is 1. The van der Waals surface area contributed by atoms with E-state index in [0.717, 1.165) is 17.0 Å². The van der Waals surface area contributed by atoms with Crippen LogP contribution in [0.15, 0.2) is 42.5 Å². The topological polar surface area (TPSA) is 90.4 Å². The van der Waals surface area contributed by atoms with Crippen molar-refractivity contribution in [2.45, 2.75) is 6.92 Å². The smallest absolute Gasteiger partial charge is 0.248 e. The molecule has 1 amide bonds. The van der Waals surface area contributed by atoms with E-state index in [1.807, 2.05) is 31.2 Å². The van der Waals surface area contributed by atoms with Gasteiger partial charge >= 0.3 is 0 Å². The van der Waals surface area contributed by atoms with E-state index in [4.69, 9.17) is 16.2 Å². The zero-order valence-corrected chi connectivity index (χ0v) is 11.9. The molecular formula is C16H19N3O2. The van der Waals surface area contributed by atoms with Gasteiger partial charge in [0.2, 0.25) is 5.91 Å². The van der Waals surface area contributed by atoms with Crippen molar-refractivity contribution >= 4 is 17.3 Å². The number of ether oxygens (including phenoxy) is 1. The highest BCUT2D eigenvalue weighted by molar-refractivity contribution is 5.94. The van der Waals surface area contributed by atoms with Crippen LogP contribution in [0.2, 0.25) is 0 Å². The minimum Gasteiger partial charge on any atom is -0.492 e. The van der Waals surface area contributed by atoms with Crippen LogP contribution in [0.3, 0.4) is 0 Å². The molecule has 0 fully saturated rings. The van der Waals surface area contributed by atoms with Gasteiger partial charge in [0.1, 0.15) is 12.4 Å². The number of nitrogens with two attached hydrogens (primary N) is 2. The third-order valence-corrected chi connectivity index (χ3v) is 3.01. The van der Waals surface area contributed by atoms with Gasteiger partial charge in [-0.25, -0.2) is 0 Å². The quantitative estimate of drug-likeness (QED) is 0.560. The summed E-state index contributed by atoms with van der Waals surface area (Å²) in [4.78, 5) is 11.0. The number of carbonyl (C=O) groups is 1. The molecule has 0 heterocycles. The van der Waals surface area contributed by atoms with Crippen molar-refractivity contribution < 1.29 is 9.53 Å². The number of anilines is 2. The van der Waals surface area contributed by atoms with E-state index in [1.54, 1.807) is 18.2 Å². The van der Waals surface area contributed by atoms with E-state index in [-0.39, 0.29) is 0 Å². The first-order chi connectivity index (χ1) is 10.1. The summed E-state index contributed by atoms with van der Waals surface area (Å²) in [6.07, 6.45) is 0. The Balaban J connectivity index is 1.85. The lowest BCUT2D eigenvalue weighted by Crippen LogP contribution is -2.14. The zero-order valence-electron chi connectivity index (χ0n) is 11.9. The first-order valence-electron chi connectivity index (χ1n) is 6.69. The Labute approximate surface area is 123 Å². The Morgan fingerprint density at radius 3 is 2.71 bits per heavy atom. The molecule has 0 atom stereocenters. The molecule has 5 nitrogen and oxygen atoms in total. The van der Waals surface area contributed by atoms with Crippen molar-refractivity contribution in [3.63, 3.8) is 0 Å². The minimum atomic E-state index is -0.490. The van der Waals surface area contributed by atoms with Gasteiger partial charge in [-0.3, -0.25) is 4.79 Å². The molecule has 110 valence electrons. The highest BCUT2D eigenvalue weighted by Gasteiger charge is 2.04. The summed E-state index contributed by atoms with van der Waals surface area (Å²) in [5.41, 5.74) is 13.9. The Morgan fingerprint density at radius 1 is 1.24 bits per heavy atom. The summed E-state index contributed by atoms with van der Waals surface area (Å²) >= 11 is 0. The molecule has 0 bridgehead atoms. The molecule has 0 aliphatic rings. The monoisotopic (exact) mass is 285 g/mol. The number of amides is 1. The fraction of sp³-hybridized carbons (Fsp3) is 0.188. The van der Waals surface area contributed by atoms with Gasteiger partial charge in [-0.15, -0.1) is 0 Å². The minimum absolute atomic E-state index is 0.397. The maximum atomic E-state index is 11.0. The molecule has 0 saturated carbocycles. The normalized spacial score (nSPS) is 10.1. The number of primary amides is 1. The summed E-state index contributed by atoms with van der Waals surface area (Å²) < 4.78 is 5.63. The Kier molecular flexibility index (Phi) is 4.66. The lowest BCUT2D eigenvalue weighted by molar-refractivity contribution is 0.100. The molecule has 0 radical (unpaired) electrons. The van der Waals surface area contributed by atoms with Gasteiger partial charge in [0.05, 0.1) is 11.4 Å². The fourth-order valence-corrected chi connectivity index (χ4v) is 1.94. The van der Waals surface area contributed by atoms with E-state index in [1.165, 1.54) is 0 Å². The van der Waals surface area contributed by atoms with Crippen LogP contribution in [0.1, 0.15) is 15.9 Å². The summed E-state index contributed by atoms with van der Waals surface area (Å²) in [6.45, 7) is 3.14. The van der Waals surface area contributed by atoms with Gasteiger partial charge < -0.3 is 21.5 Å². The SMILES string of the molecule is Cc1cccc(OCCNc2ccc(C(N)=O)cc2N)c1. The summed E-state index contributed by atoms with van der Waals surface area (Å²) in [5, 5.41) is 3.16. The number of benzene rings is 2. The van der Waals surface area contributed by atoms with Crippen LogP contribution in [-0.4, -0.2) is 19.1 Å². The third kappa shape index (κ3) is 4.14. The van der Waals surface area contributed by atoms with Gasteiger partial charge in [-0.2, -0.15) is 0 Å². The van der Waals surface area contributed by atoms with Gasteiger partial charge in [-0.1, -0.05) is 12.1 Å². The van der Waals surface area contributed by atoms with Crippen LogP contribution >= 0.6 is 0 Å². The second kappa shape index (κ2) is 6.65. The highest BCUT2D eigenvalue weighted by Crippen LogP contribution is 2.19. The van der Waals surface area contributed by atoms with E-state index in [0.29, 0.717) is 24.4 Å². The number of nitrogens with one attached hydrogen (secondary N) is 1. The number of hydrogen-bond acceptors (Lipinski definition) is 4. The van der Waals surface area contributed by atoms with Crippen LogP contribution in [-0.2, 0) is 0 Å². The predicted molar refractivity (Wildman–Crippen MR) is 84.5 cm³/mol. The molecular weight excluding hydrogens is 266 g/mol. The lowest BCUT2D eigenvalue weighted by atomic mass is 10.1. The molecule has 5 N–H and O–H groups in total. The van der Waals surface area contributed by atoms with Crippen LogP contribution in [0, 0.1) is 6.92 Å². The van der Waals surface area contributed by atoms with Crippen molar-refractivity contribution in [2.24, 2.45) is 5.73 Å². The molecule has 21 heavy (non-hydrogen) atoms. The maximum Gasteiger partial charge on any atom is 0.248 e. The fourth-order valence-electron chi connectivity index (χ4n) is 1.94. The molecule has 5 heteroatoms. The molecule has 0 aliphatic heterocycles. The van der Waals surface area contributed by atoms with E-state index < -0.39 is 5.91 Å². The second-order valence-electron chi connectivity index (χ2n) is 4.76. The number of aryl methyl sites for hydroxylation is 1. The first kappa shape index (κ1) is 14.7. The number of hydrogen-bond donors (Lipinski definition) is 3. The standard InChI is InChI=1S/C16H19N3O2/c1-11-3-2-4-13(9-11)21-8-7-19-15-6-5-12(16(18)20)10-14(15)17/h2-6,9-10,19H,7-8,17H2,1H3,(H2,18,20). The van der Waals surface area contributed by atoms with Crippen LogP contribution in [0.25, 0.3) is 0 Å². The maximum absolute atomic E-state index is 11.0. The van der Waals surface area contributed by atoms with Crippen LogP contribution in [0.4, 0.5) is 11.4 Å². The van der Waals surface area contributed by atoms with Gasteiger partial charge in [0.25, 0.3) is 0 Å². The number of rotatable bonds is 6. The molecule has 2 aromatic rings. The molecule has 0 aliphatic carbocycles. The molecule has 0 unspecified atom stereocenters. The van der Waals surface area contributed by atoms with Crippen molar-refractivity contribution in [3.05, 3.63) is 53.6 Å². The molecule has 2 aromatic carbocycles. The highest BCUT2D eigenvalue weighted by atomic mass is 16.5. The molecule has 0 aromatic heterocycles.